The summed E-state index contributed by atoms with van der Waals surface area (Å²) in [6.45, 7) is 1.61. The summed E-state index contributed by atoms with van der Waals surface area (Å²) in [4.78, 5) is 23.8. The summed E-state index contributed by atoms with van der Waals surface area (Å²) in [6, 6.07) is -0.399. The van der Waals surface area contributed by atoms with Crippen molar-refractivity contribution in [2.24, 2.45) is 22.2 Å². The maximum Gasteiger partial charge on any atom is 0.300 e. The zero-order valence-corrected chi connectivity index (χ0v) is 10.9. The van der Waals surface area contributed by atoms with Crippen LogP contribution in [0.15, 0.2) is 4.99 Å². The first-order valence-electron chi connectivity index (χ1n) is 4.89. The van der Waals surface area contributed by atoms with Crippen molar-refractivity contribution >= 4 is 28.8 Å². The number of carbonyl (C=O) groups is 2. The molecule has 0 amide bonds. The fraction of sp³-hybridized carbons (Fsp3) is 0.667. The minimum absolute atomic E-state index is 0.00435. The van der Waals surface area contributed by atoms with Gasteiger partial charge in [-0.15, -0.1) is 0 Å². The van der Waals surface area contributed by atoms with Crippen LogP contribution in [0.25, 0.3) is 0 Å². The fourth-order valence-corrected chi connectivity index (χ4v) is 1.21. The number of carboxylic acid groups (broad SMARTS) is 1. The van der Waals surface area contributed by atoms with Crippen LogP contribution < -0.4 is 17.2 Å². The number of thioether (sulfide) groups is 1. The highest BCUT2D eigenvalue weighted by Crippen LogP contribution is 2.04. The molecule has 0 aromatic rings. The SMILES string of the molecule is CC(=O)O.CSC(=O)C(N)CCCN=C(N)N. The van der Waals surface area contributed by atoms with E-state index < -0.39 is 12.0 Å². The van der Waals surface area contributed by atoms with Crippen LogP contribution in [0.5, 0.6) is 0 Å². The van der Waals surface area contributed by atoms with Gasteiger partial charge < -0.3 is 22.3 Å². The molecule has 0 aliphatic rings. The van der Waals surface area contributed by atoms with Crippen LogP contribution in [-0.4, -0.2) is 41.0 Å². The number of hydrogen-bond acceptors (Lipinski definition) is 5. The molecule has 0 radical (unpaired) electrons. The van der Waals surface area contributed by atoms with Gasteiger partial charge in [0.1, 0.15) is 0 Å². The molecule has 0 spiro atoms. The molecule has 0 aliphatic heterocycles. The van der Waals surface area contributed by atoms with Crippen molar-refractivity contribution in [3.8, 4) is 0 Å². The quantitative estimate of drug-likeness (QED) is 0.293. The van der Waals surface area contributed by atoms with Crippen molar-refractivity contribution in [3.63, 3.8) is 0 Å². The molecule has 0 aliphatic carbocycles. The number of nitrogens with zero attached hydrogens (tertiary/aromatic N) is 1. The number of aliphatic carboxylic acids is 1. The van der Waals surface area contributed by atoms with Crippen LogP contribution in [0.3, 0.4) is 0 Å². The molecule has 0 saturated heterocycles. The van der Waals surface area contributed by atoms with E-state index in [1.54, 1.807) is 6.26 Å². The van der Waals surface area contributed by atoms with E-state index in [1.807, 2.05) is 0 Å². The average molecular weight is 264 g/mol. The van der Waals surface area contributed by atoms with E-state index in [2.05, 4.69) is 4.99 Å². The smallest absolute Gasteiger partial charge is 0.300 e. The van der Waals surface area contributed by atoms with Crippen molar-refractivity contribution in [1.29, 1.82) is 0 Å². The van der Waals surface area contributed by atoms with Gasteiger partial charge in [-0.2, -0.15) is 0 Å². The van der Waals surface area contributed by atoms with E-state index in [4.69, 9.17) is 27.1 Å². The van der Waals surface area contributed by atoms with Gasteiger partial charge in [0.25, 0.3) is 5.97 Å². The van der Waals surface area contributed by atoms with E-state index in [-0.39, 0.29) is 11.1 Å². The van der Waals surface area contributed by atoms with Crippen LogP contribution in [0, 0.1) is 0 Å². The van der Waals surface area contributed by atoms with Gasteiger partial charge in [0, 0.05) is 13.5 Å². The van der Waals surface area contributed by atoms with Crippen molar-refractivity contribution in [3.05, 3.63) is 0 Å². The van der Waals surface area contributed by atoms with Gasteiger partial charge in [-0.05, 0) is 19.1 Å². The van der Waals surface area contributed by atoms with Crippen LogP contribution >= 0.6 is 11.8 Å². The summed E-state index contributed by atoms with van der Waals surface area (Å²) in [5.74, 6) is -0.759. The molecule has 8 heteroatoms. The second-order valence-electron chi connectivity index (χ2n) is 3.10. The van der Waals surface area contributed by atoms with Crippen molar-refractivity contribution in [2.45, 2.75) is 25.8 Å². The third kappa shape index (κ3) is 17.3. The number of aliphatic imine (C=N–C) groups is 1. The lowest BCUT2D eigenvalue weighted by molar-refractivity contribution is -0.134. The zero-order valence-electron chi connectivity index (χ0n) is 10.0. The Morgan fingerprint density at radius 1 is 1.41 bits per heavy atom. The molecule has 17 heavy (non-hydrogen) atoms. The minimum atomic E-state index is -0.833. The number of hydrogen-bond donors (Lipinski definition) is 4. The molecule has 0 heterocycles. The summed E-state index contributed by atoms with van der Waals surface area (Å²) < 4.78 is 0. The highest BCUT2D eigenvalue weighted by atomic mass is 32.2. The molecular weight excluding hydrogens is 244 g/mol. The lowest BCUT2D eigenvalue weighted by Gasteiger charge is -2.06. The van der Waals surface area contributed by atoms with E-state index >= 15 is 0 Å². The Bertz CT molecular complexity index is 263. The van der Waals surface area contributed by atoms with Gasteiger partial charge in [-0.1, -0.05) is 11.8 Å². The number of carbonyl (C=O) groups excluding carboxylic acids is 1. The van der Waals surface area contributed by atoms with Crippen molar-refractivity contribution in [2.75, 3.05) is 12.8 Å². The predicted octanol–water partition coefficient (Wildman–Crippen LogP) is -0.652. The maximum absolute atomic E-state index is 11.0. The molecular formula is C9H20N4O3S. The van der Waals surface area contributed by atoms with Crippen LogP contribution in [0.1, 0.15) is 19.8 Å². The monoisotopic (exact) mass is 264 g/mol. The average Bonchev–Trinajstić information content (AvgIpc) is 2.21. The Labute approximate surface area is 105 Å². The largest absolute Gasteiger partial charge is 0.481 e. The van der Waals surface area contributed by atoms with Gasteiger partial charge in [-0.25, -0.2) is 0 Å². The van der Waals surface area contributed by atoms with Gasteiger partial charge in [0.15, 0.2) is 5.96 Å². The van der Waals surface area contributed by atoms with Gasteiger partial charge in [0.05, 0.1) is 6.04 Å². The first-order valence-corrected chi connectivity index (χ1v) is 6.12. The summed E-state index contributed by atoms with van der Waals surface area (Å²) in [7, 11) is 0. The maximum atomic E-state index is 11.0. The molecule has 1 atom stereocenters. The molecule has 0 aromatic heterocycles. The summed E-state index contributed by atoms with van der Waals surface area (Å²) in [6.07, 6.45) is 3.07. The third-order valence-electron chi connectivity index (χ3n) is 1.47. The molecule has 0 fully saturated rings. The van der Waals surface area contributed by atoms with E-state index in [9.17, 15) is 4.79 Å². The normalized spacial score (nSPS) is 10.8. The van der Waals surface area contributed by atoms with Crippen molar-refractivity contribution < 1.29 is 14.7 Å². The van der Waals surface area contributed by atoms with Gasteiger partial charge in [0.2, 0.25) is 5.12 Å². The zero-order chi connectivity index (χ0) is 13.8. The van der Waals surface area contributed by atoms with Crippen LogP contribution in [0.4, 0.5) is 0 Å². The third-order valence-corrected chi connectivity index (χ3v) is 2.18. The van der Waals surface area contributed by atoms with Gasteiger partial charge >= 0.3 is 0 Å². The highest BCUT2D eigenvalue weighted by Gasteiger charge is 2.10. The first-order chi connectivity index (χ1) is 7.81. The second kappa shape index (κ2) is 11.2. The minimum Gasteiger partial charge on any atom is -0.481 e. The van der Waals surface area contributed by atoms with E-state index in [0.717, 1.165) is 25.1 Å². The standard InChI is InChI=1S/C7H16N4OS.C2H4O2/c1-13-6(12)5(8)3-2-4-11-7(9)10;1-2(3)4/h5H,2-4,8H2,1H3,(H4,9,10,11);1H3,(H,3,4). The Kier molecular flexibility index (Phi) is 11.9. The first kappa shape index (κ1) is 18.1. The second-order valence-corrected chi connectivity index (χ2v) is 3.91. The predicted molar refractivity (Wildman–Crippen MR) is 69.7 cm³/mol. The van der Waals surface area contributed by atoms with E-state index in [0.29, 0.717) is 13.0 Å². The molecule has 0 saturated carbocycles. The van der Waals surface area contributed by atoms with Crippen LogP contribution in [-0.2, 0) is 9.59 Å². The Balaban J connectivity index is 0. The summed E-state index contributed by atoms with van der Waals surface area (Å²) in [5, 5.41) is 7.42. The van der Waals surface area contributed by atoms with Crippen LogP contribution in [0.2, 0.25) is 0 Å². The molecule has 100 valence electrons. The van der Waals surface area contributed by atoms with Gasteiger partial charge in [-0.3, -0.25) is 14.6 Å². The molecule has 0 bridgehead atoms. The highest BCUT2D eigenvalue weighted by molar-refractivity contribution is 8.13. The number of rotatable bonds is 5. The number of nitrogens with two attached hydrogens (primary N) is 3. The lowest BCUT2D eigenvalue weighted by atomic mass is 10.2. The molecule has 1 unspecified atom stereocenters. The molecule has 7 nitrogen and oxygen atoms in total. The number of carboxylic acids is 1. The Morgan fingerprint density at radius 3 is 2.24 bits per heavy atom. The molecule has 0 rings (SSSR count). The topological polar surface area (TPSA) is 145 Å². The fourth-order valence-electron chi connectivity index (χ4n) is 0.789. The van der Waals surface area contributed by atoms with E-state index in [1.165, 1.54) is 0 Å². The molecule has 7 N–H and O–H groups in total. The Morgan fingerprint density at radius 2 is 1.88 bits per heavy atom. The molecule has 0 aromatic carbocycles. The van der Waals surface area contributed by atoms with Crippen molar-refractivity contribution in [1.82, 2.24) is 0 Å². The lowest BCUT2D eigenvalue weighted by Crippen LogP contribution is -2.28. The summed E-state index contributed by atoms with van der Waals surface area (Å²) in [5.41, 5.74) is 15.8. The Hall–Kier alpha value is -1.28. The summed E-state index contributed by atoms with van der Waals surface area (Å²) >= 11 is 1.15. The number of guanidine groups is 1.